The Hall–Kier alpha value is -1.22. The van der Waals surface area contributed by atoms with Crippen LogP contribution < -0.4 is 0 Å². The van der Waals surface area contributed by atoms with Gasteiger partial charge in [0.1, 0.15) is 0 Å². The van der Waals surface area contributed by atoms with Crippen LogP contribution in [0.3, 0.4) is 0 Å². The van der Waals surface area contributed by atoms with Crippen molar-refractivity contribution in [3.63, 3.8) is 0 Å². The second kappa shape index (κ2) is 8.22. The quantitative estimate of drug-likeness (QED) is 0.543. The Morgan fingerprint density at radius 1 is 0.969 bits per heavy atom. The summed E-state index contributed by atoms with van der Waals surface area (Å²) < 4.78 is 0. The topological polar surface area (TPSA) is 54.4 Å². The first-order valence-electron chi connectivity index (χ1n) is 13.4. The molecule has 0 bridgehead atoms. The molecule has 1 N–H and O–H groups in total. The maximum atomic E-state index is 12.2. The summed E-state index contributed by atoms with van der Waals surface area (Å²) in [5.41, 5.74) is 1.58. The van der Waals surface area contributed by atoms with Crippen LogP contribution in [0.1, 0.15) is 91.4 Å². The molecule has 0 saturated heterocycles. The zero-order chi connectivity index (χ0) is 22.7. The summed E-state index contributed by atoms with van der Waals surface area (Å²) in [7, 11) is 0. The summed E-state index contributed by atoms with van der Waals surface area (Å²) in [5, 5.41) is 10.3. The molecule has 0 amide bonds. The fourth-order valence-electron chi connectivity index (χ4n) is 9.55. The molecule has 0 aliphatic heterocycles. The van der Waals surface area contributed by atoms with Crippen LogP contribution in [0.25, 0.3) is 0 Å². The minimum atomic E-state index is -0.0628. The zero-order valence-corrected chi connectivity index (χ0v) is 20.3. The SMILES string of the molecule is C[C@H](CCC1=CC(=O)C=CC1=O)[C@H]1CC[C@H]2[C@@H]3CC[C@@H]4C[C@H](O)CC[C@]4(C)[C@H]3CC[C@]12C. The average molecular weight is 439 g/mol. The summed E-state index contributed by atoms with van der Waals surface area (Å²) in [6, 6.07) is 0. The molecule has 32 heavy (non-hydrogen) atoms. The van der Waals surface area contributed by atoms with E-state index in [0.717, 1.165) is 55.3 Å². The van der Waals surface area contributed by atoms with Crippen molar-refractivity contribution in [3.8, 4) is 0 Å². The molecular formula is C29H42O3. The van der Waals surface area contributed by atoms with Crippen LogP contribution in [-0.4, -0.2) is 22.8 Å². The number of ketones is 2. The van der Waals surface area contributed by atoms with Gasteiger partial charge in [0.2, 0.25) is 0 Å². The highest BCUT2D eigenvalue weighted by Crippen LogP contribution is 2.68. The lowest BCUT2D eigenvalue weighted by molar-refractivity contribution is -0.129. The van der Waals surface area contributed by atoms with Crippen molar-refractivity contribution < 1.29 is 14.7 Å². The van der Waals surface area contributed by atoms with Crippen molar-refractivity contribution in [2.24, 2.45) is 46.3 Å². The van der Waals surface area contributed by atoms with E-state index in [2.05, 4.69) is 20.8 Å². The number of rotatable bonds is 4. The Bertz CT molecular complexity index is 839. The number of fused-ring (bicyclic) bond motifs is 5. The molecule has 0 radical (unpaired) electrons. The van der Waals surface area contributed by atoms with Gasteiger partial charge in [-0.2, -0.15) is 0 Å². The highest BCUT2D eigenvalue weighted by Gasteiger charge is 2.60. The first-order chi connectivity index (χ1) is 15.2. The highest BCUT2D eigenvalue weighted by atomic mass is 16.3. The molecule has 0 heterocycles. The van der Waals surface area contributed by atoms with Crippen molar-refractivity contribution >= 4 is 11.6 Å². The number of hydrogen-bond donors (Lipinski definition) is 1. The van der Waals surface area contributed by atoms with E-state index < -0.39 is 0 Å². The predicted octanol–water partition coefficient (Wildman–Crippen LogP) is 6.06. The van der Waals surface area contributed by atoms with Gasteiger partial charge in [0.05, 0.1) is 6.10 Å². The predicted molar refractivity (Wildman–Crippen MR) is 127 cm³/mol. The number of carbonyl (C=O) groups is 2. The van der Waals surface area contributed by atoms with Crippen LogP contribution >= 0.6 is 0 Å². The summed E-state index contributed by atoms with van der Waals surface area (Å²) in [5.74, 6) is 4.60. The summed E-state index contributed by atoms with van der Waals surface area (Å²) >= 11 is 0. The largest absolute Gasteiger partial charge is 0.393 e. The van der Waals surface area contributed by atoms with Crippen LogP contribution in [0.15, 0.2) is 23.8 Å². The summed E-state index contributed by atoms with van der Waals surface area (Å²) in [6.07, 6.45) is 17.4. The Balaban J connectivity index is 1.28. The fourth-order valence-corrected chi connectivity index (χ4v) is 9.55. The molecule has 5 aliphatic carbocycles. The molecule has 3 nitrogen and oxygen atoms in total. The fraction of sp³-hybridized carbons (Fsp3) is 0.793. The number of allylic oxidation sites excluding steroid dienone is 4. The van der Waals surface area contributed by atoms with Crippen molar-refractivity contribution in [2.75, 3.05) is 0 Å². The summed E-state index contributed by atoms with van der Waals surface area (Å²) in [4.78, 5) is 23.9. The minimum absolute atomic E-state index is 0.0235. The van der Waals surface area contributed by atoms with E-state index in [-0.39, 0.29) is 17.7 Å². The van der Waals surface area contributed by atoms with Crippen molar-refractivity contribution in [1.29, 1.82) is 0 Å². The van der Waals surface area contributed by atoms with Crippen molar-refractivity contribution in [2.45, 2.75) is 97.5 Å². The molecule has 176 valence electrons. The van der Waals surface area contributed by atoms with Crippen LogP contribution in [-0.2, 0) is 9.59 Å². The van der Waals surface area contributed by atoms with E-state index in [4.69, 9.17) is 0 Å². The third kappa shape index (κ3) is 3.58. The molecule has 3 heteroatoms. The zero-order valence-electron chi connectivity index (χ0n) is 20.3. The number of aliphatic hydroxyl groups is 1. The van der Waals surface area contributed by atoms with E-state index in [0.29, 0.717) is 22.3 Å². The van der Waals surface area contributed by atoms with Gasteiger partial charge in [0.15, 0.2) is 11.6 Å². The second-order valence-electron chi connectivity index (χ2n) is 12.6. The normalized spacial score (nSPS) is 46.8. The van der Waals surface area contributed by atoms with E-state index >= 15 is 0 Å². The van der Waals surface area contributed by atoms with Gasteiger partial charge < -0.3 is 5.11 Å². The molecule has 0 unspecified atom stereocenters. The van der Waals surface area contributed by atoms with Gasteiger partial charge in [-0.1, -0.05) is 20.8 Å². The van der Waals surface area contributed by atoms with Gasteiger partial charge in [0, 0.05) is 5.57 Å². The maximum absolute atomic E-state index is 12.2. The lowest BCUT2D eigenvalue weighted by Gasteiger charge is -2.61. The third-order valence-electron chi connectivity index (χ3n) is 11.3. The molecule has 0 aromatic carbocycles. The molecule has 5 rings (SSSR count). The first kappa shape index (κ1) is 22.6. The Morgan fingerprint density at radius 3 is 2.53 bits per heavy atom. The number of aliphatic hydroxyl groups excluding tert-OH is 1. The van der Waals surface area contributed by atoms with E-state index in [1.807, 2.05) is 0 Å². The summed E-state index contributed by atoms with van der Waals surface area (Å²) in [6.45, 7) is 7.57. The Kier molecular flexibility index (Phi) is 5.80. The van der Waals surface area contributed by atoms with Gasteiger partial charge in [-0.05, 0) is 135 Å². The van der Waals surface area contributed by atoms with Crippen LogP contribution in [0.2, 0.25) is 0 Å². The third-order valence-corrected chi connectivity index (χ3v) is 11.3. The number of carbonyl (C=O) groups excluding carboxylic acids is 2. The highest BCUT2D eigenvalue weighted by molar-refractivity contribution is 6.17. The smallest absolute Gasteiger partial charge is 0.182 e. The molecular weight excluding hydrogens is 396 g/mol. The van der Waals surface area contributed by atoms with Crippen LogP contribution in [0.4, 0.5) is 0 Å². The molecule has 4 saturated carbocycles. The van der Waals surface area contributed by atoms with E-state index in [1.54, 1.807) is 6.08 Å². The van der Waals surface area contributed by atoms with Crippen molar-refractivity contribution in [3.05, 3.63) is 23.8 Å². The lowest BCUT2D eigenvalue weighted by Crippen LogP contribution is -2.54. The lowest BCUT2D eigenvalue weighted by atomic mass is 9.44. The minimum Gasteiger partial charge on any atom is -0.393 e. The van der Waals surface area contributed by atoms with Gasteiger partial charge >= 0.3 is 0 Å². The first-order valence-corrected chi connectivity index (χ1v) is 13.4. The molecule has 0 aromatic rings. The molecule has 0 spiro atoms. The van der Waals surface area contributed by atoms with Gasteiger partial charge in [-0.3, -0.25) is 9.59 Å². The second-order valence-corrected chi connectivity index (χ2v) is 12.6. The average Bonchev–Trinajstić information content (AvgIpc) is 3.12. The van der Waals surface area contributed by atoms with Crippen LogP contribution in [0.5, 0.6) is 0 Å². The Labute approximate surface area is 194 Å². The van der Waals surface area contributed by atoms with Crippen molar-refractivity contribution in [1.82, 2.24) is 0 Å². The van der Waals surface area contributed by atoms with E-state index in [1.165, 1.54) is 57.1 Å². The van der Waals surface area contributed by atoms with Crippen LogP contribution in [0, 0.1) is 46.3 Å². The molecule has 9 atom stereocenters. The monoisotopic (exact) mass is 438 g/mol. The standard InChI is InChI=1S/C29H42O3/c1-18(4-5-19-16-21(30)7-11-27(19)32)24-9-10-25-23-8-6-20-17-22(31)12-14-28(20,2)26(23)13-15-29(24,25)3/h7,11,16,18,20,22-26,31H,4-6,8-10,12-15,17H2,1-3H3/t18-,20-,22-,23+,24-,25+,26+,28+,29-/m1/s1. The Morgan fingerprint density at radius 2 is 1.72 bits per heavy atom. The van der Waals surface area contributed by atoms with Gasteiger partial charge in [-0.15, -0.1) is 0 Å². The molecule has 5 aliphatic rings. The molecule has 0 aromatic heterocycles. The molecule has 4 fully saturated rings. The van der Waals surface area contributed by atoms with Gasteiger partial charge in [-0.25, -0.2) is 0 Å². The van der Waals surface area contributed by atoms with E-state index in [9.17, 15) is 14.7 Å². The van der Waals surface area contributed by atoms with Gasteiger partial charge in [0.25, 0.3) is 0 Å². The number of hydrogen-bond acceptors (Lipinski definition) is 3. The maximum Gasteiger partial charge on any atom is 0.182 e.